The zero-order chi connectivity index (χ0) is 10.6. The Morgan fingerprint density at radius 1 is 1.57 bits per heavy atom. The molecule has 0 aliphatic rings. The van der Waals surface area contributed by atoms with Crippen molar-refractivity contribution in [3.05, 3.63) is 29.6 Å². The Bertz CT molecular complexity index is 306. The molecule has 1 rings (SSSR count). The third kappa shape index (κ3) is 2.70. The van der Waals surface area contributed by atoms with E-state index >= 15 is 0 Å². The lowest BCUT2D eigenvalue weighted by molar-refractivity contribution is 0.276. The Morgan fingerprint density at radius 2 is 2.29 bits per heavy atom. The molecule has 2 nitrogen and oxygen atoms in total. The highest BCUT2D eigenvalue weighted by atomic mass is 32.2. The van der Waals surface area contributed by atoms with Crippen molar-refractivity contribution in [2.75, 3.05) is 12.9 Å². The van der Waals surface area contributed by atoms with E-state index in [4.69, 9.17) is 10.8 Å². The van der Waals surface area contributed by atoms with Gasteiger partial charge in [0, 0.05) is 17.5 Å². The van der Waals surface area contributed by atoms with Gasteiger partial charge in [-0.25, -0.2) is 4.39 Å². The topological polar surface area (TPSA) is 46.2 Å². The van der Waals surface area contributed by atoms with Crippen LogP contribution in [0.25, 0.3) is 0 Å². The van der Waals surface area contributed by atoms with E-state index in [0.29, 0.717) is 11.3 Å². The minimum Gasteiger partial charge on any atom is -0.396 e. The van der Waals surface area contributed by atoms with E-state index in [9.17, 15) is 4.39 Å². The third-order valence-corrected chi connectivity index (χ3v) is 2.82. The van der Waals surface area contributed by atoms with Crippen molar-refractivity contribution in [2.45, 2.75) is 17.4 Å². The average molecular weight is 215 g/mol. The van der Waals surface area contributed by atoms with Crippen LogP contribution in [0.1, 0.15) is 18.0 Å². The fraction of sp³-hybridized carbons (Fsp3) is 0.400. The summed E-state index contributed by atoms with van der Waals surface area (Å²) in [5, 5.41) is 8.69. The molecule has 0 amide bonds. The molecule has 1 aromatic rings. The highest BCUT2D eigenvalue weighted by molar-refractivity contribution is 7.98. The van der Waals surface area contributed by atoms with E-state index in [1.165, 1.54) is 17.8 Å². The van der Waals surface area contributed by atoms with Crippen LogP contribution in [-0.2, 0) is 0 Å². The SMILES string of the molecule is CSc1ccc(C(N)CCO)cc1F. The number of rotatable bonds is 4. The number of hydrogen-bond acceptors (Lipinski definition) is 3. The Morgan fingerprint density at radius 3 is 2.79 bits per heavy atom. The lowest BCUT2D eigenvalue weighted by Gasteiger charge is -2.11. The Balaban J connectivity index is 2.85. The molecule has 0 heterocycles. The molecule has 78 valence electrons. The van der Waals surface area contributed by atoms with Gasteiger partial charge in [0.05, 0.1) is 0 Å². The molecular formula is C10H14FNOS. The van der Waals surface area contributed by atoms with Crippen LogP contribution in [0.5, 0.6) is 0 Å². The van der Waals surface area contributed by atoms with Crippen LogP contribution in [-0.4, -0.2) is 18.0 Å². The molecule has 0 spiro atoms. The first-order chi connectivity index (χ1) is 6.69. The van der Waals surface area contributed by atoms with Crippen LogP contribution in [0.3, 0.4) is 0 Å². The van der Waals surface area contributed by atoms with Gasteiger partial charge in [0.15, 0.2) is 0 Å². The van der Waals surface area contributed by atoms with Crippen molar-refractivity contribution in [3.8, 4) is 0 Å². The van der Waals surface area contributed by atoms with Gasteiger partial charge in [0.2, 0.25) is 0 Å². The largest absolute Gasteiger partial charge is 0.396 e. The number of benzene rings is 1. The normalized spacial score (nSPS) is 12.9. The van der Waals surface area contributed by atoms with Crippen LogP contribution in [0, 0.1) is 5.82 Å². The number of aliphatic hydroxyl groups is 1. The number of aliphatic hydroxyl groups excluding tert-OH is 1. The Hall–Kier alpha value is -0.580. The van der Waals surface area contributed by atoms with Gasteiger partial charge in [-0.3, -0.25) is 0 Å². The summed E-state index contributed by atoms with van der Waals surface area (Å²) in [6.07, 6.45) is 2.28. The first kappa shape index (κ1) is 11.5. The van der Waals surface area contributed by atoms with Gasteiger partial charge in [0.25, 0.3) is 0 Å². The Labute approximate surface area is 87.3 Å². The fourth-order valence-electron chi connectivity index (χ4n) is 1.22. The highest BCUT2D eigenvalue weighted by Crippen LogP contribution is 2.23. The molecule has 0 aromatic heterocycles. The number of thioether (sulfide) groups is 1. The van der Waals surface area contributed by atoms with Crippen molar-refractivity contribution >= 4 is 11.8 Å². The molecule has 0 saturated heterocycles. The molecule has 0 radical (unpaired) electrons. The maximum atomic E-state index is 13.3. The molecule has 3 N–H and O–H groups in total. The highest BCUT2D eigenvalue weighted by Gasteiger charge is 2.08. The lowest BCUT2D eigenvalue weighted by atomic mass is 10.1. The molecule has 0 aliphatic carbocycles. The number of halogens is 1. The van der Waals surface area contributed by atoms with Crippen LogP contribution >= 0.6 is 11.8 Å². The van der Waals surface area contributed by atoms with Crippen molar-refractivity contribution < 1.29 is 9.50 Å². The van der Waals surface area contributed by atoms with Gasteiger partial charge < -0.3 is 10.8 Å². The summed E-state index contributed by atoms with van der Waals surface area (Å²) in [5.41, 5.74) is 6.46. The summed E-state index contributed by atoms with van der Waals surface area (Å²) >= 11 is 1.36. The summed E-state index contributed by atoms with van der Waals surface area (Å²) in [5.74, 6) is -0.247. The van der Waals surface area contributed by atoms with Crippen molar-refractivity contribution in [3.63, 3.8) is 0 Å². The van der Waals surface area contributed by atoms with Crippen molar-refractivity contribution in [1.29, 1.82) is 0 Å². The Kier molecular flexibility index (Phi) is 4.38. The van der Waals surface area contributed by atoms with Crippen LogP contribution in [0.2, 0.25) is 0 Å². The fourth-order valence-corrected chi connectivity index (χ4v) is 1.68. The molecule has 0 saturated carbocycles. The lowest BCUT2D eigenvalue weighted by Crippen LogP contribution is -2.12. The number of hydrogen-bond donors (Lipinski definition) is 2. The van der Waals surface area contributed by atoms with Gasteiger partial charge in [-0.15, -0.1) is 11.8 Å². The smallest absolute Gasteiger partial charge is 0.137 e. The van der Waals surface area contributed by atoms with E-state index < -0.39 is 0 Å². The summed E-state index contributed by atoms with van der Waals surface area (Å²) < 4.78 is 13.3. The average Bonchev–Trinajstić information content (AvgIpc) is 2.18. The first-order valence-corrected chi connectivity index (χ1v) is 5.61. The second-order valence-corrected chi connectivity index (χ2v) is 3.86. The number of nitrogens with two attached hydrogens (primary N) is 1. The van der Waals surface area contributed by atoms with Crippen molar-refractivity contribution in [2.24, 2.45) is 5.73 Å². The van der Waals surface area contributed by atoms with E-state index in [2.05, 4.69) is 0 Å². The second-order valence-electron chi connectivity index (χ2n) is 3.01. The molecule has 1 unspecified atom stereocenters. The predicted molar refractivity (Wildman–Crippen MR) is 56.8 cm³/mol. The predicted octanol–water partition coefficient (Wildman–Crippen LogP) is 1.93. The third-order valence-electron chi connectivity index (χ3n) is 2.04. The molecule has 0 aliphatic heterocycles. The second kappa shape index (κ2) is 5.34. The summed E-state index contributed by atoms with van der Waals surface area (Å²) in [7, 11) is 0. The zero-order valence-corrected chi connectivity index (χ0v) is 8.85. The van der Waals surface area contributed by atoms with Crippen LogP contribution in [0.4, 0.5) is 4.39 Å². The quantitative estimate of drug-likeness (QED) is 0.754. The molecule has 14 heavy (non-hydrogen) atoms. The minimum absolute atomic E-state index is 0.0209. The van der Waals surface area contributed by atoms with Gasteiger partial charge in [-0.1, -0.05) is 6.07 Å². The van der Waals surface area contributed by atoms with E-state index in [-0.39, 0.29) is 18.5 Å². The maximum absolute atomic E-state index is 13.3. The minimum atomic E-state index is -0.287. The molecule has 1 aromatic carbocycles. The molecule has 4 heteroatoms. The summed E-state index contributed by atoms with van der Waals surface area (Å²) in [6.45, 7) is 0.0209. The summed E-state index contributed by atoms with van der Waals surface area (Å²) in [4.78, 5) is 0.616. The van der Waals surface area contributed by atoms with E-state index in [1.54, 1.807) is 12.1 Å². The summed E-state index contributed by atoms with van der Waals surface area (Å²) in [6, 6.07) is 4.67. The maximum Gasteiger partial charge on any atom is 0.137 e. The van der Waals surface area contributed by atoms with E-state index in [1.807, 2.05) is 6.26 Å². The molecule has 0 fully saturated rings. The van der Waals surface area contributed by atoms with Crippen molar-refractivity contribution in [1.82, 2.24) is 0 Å². The standard InChI is InChI=1S/C10H14FNOS/c1-14-10-3-2-7(6-8(10)11)9(12)4-5-13/h2-3,6,9,13H,4-5,12H2,1H3. The van der Waals surface area contributed by atoms with Crippen LogP contribution in [0.15, 0.2) is 23.1 Å². The molecular weight excluding hydrogens is 201 g/mol. The molecule has 1 atom stereocenters. The molecule has 0 bridgehead atoms. The van der Waals surface area contributed by atoms with Gasteiger partial charge >= 0.3 is 0 Å². The zero-order valence-electron chi connectivity index (χ0n) is 8.03. The first-order valence-electron chi connectivity index (χ1n) is 4.39. The van der Waals surface area contributed by atoms with Gasteiger partial charge in [-0.05, 0) is 30.4 Å². The van der Waals surface area contributed by atoms with Gasteiger partial charge in [0.1, 0.15) is 5.82 Å². The van der Waals surface area contributed by atoms with E-state index in [0.717, 1.165) is 5.56 Å². The monoisotopic (exact) mass is 215 g/mol. The van der Waals surface area contributed by atoms with Crippen LogP contribution < -0.4 is 5.73 Å². The van der Waals surface area contributed by atoms with Gasteiger partial charge in [-0.2, -0.15) is 0 Å².